The SMILES string of the molecule is CNC(C)c1nc(-c2cc(C(C)C)ccc2OCc2ccccc2)cs1. The van der Waals surface area contributed by atoms with Gasteiger partial charge >= 0.3 is 0 Å². The highest BCUT2D eigenvalue weighted by molar-refractivity contribution is 7.10. The van der Waals surface area contributed by atoms with Crippen molar-refractivity contribution >= 4 is 11.3 Å². The summed E-state index contributed by atoms with van der Waals surface area (Å²) in [5.41, 5.74) is 4.51. The molecule has 0 radical (unpaired) electrons. The number of hydrogen-bond acceptors (Lipinski definition) is 4. The maximum atomic E-state index is 6.16. The highest BCUT2D eigenvalue weighted by Crippen LogP contribution is 2.35. The minimum Gasteiger partial charge on any atom is -0.488 e. The van der Waals surface area contributed by atoms with Gasteiger partial charge in [-0.05, 0) is 43.1 Å². The summed E-state index contributed by atoms with van der Waals surface area (Å²) in [5.74, 6) is 1.35. The largest absolute Gasteiger partial charge is 0.488 e. The van der Waals surface area contributed by atoms with Gasteiger partial charge in [-0.25, -0.2) is 4.98 Å². The molecule has 0 fully saturated rings. The van der Waals surface area contributed by atoms with Gasteiger partial charge < -0.3 is 10.1 Å². The van der Waals surface area contributed by atoms with Crippen molar-refractivity contribution in [1.29, 1.82) is 0 Å². The monoisotopic (exact) mass is 366 g/mol. The third kappa shape index (κ3) is 4.32. The fourth-order valence-electron chi connectivity index (χ4n) is 2.70. The molecular weight excluding hydrogens is 340 g/mol. The smallest absolute Gasteiger partial charge is 0.129 e. The molecule has 0 aliphatic heterocycles. The molecule has 0 bridgehead atoms. The lowest BCUT2D eigenvalue weighted by atomic mass is 9.99. The minimum absolute atomic E-state index is 0.246. The molecule has 0 aliphatic rings. The van der Waals surface area contributed by atoms with Crippen LogP contribution in [-0.4, -0.2) is 12.0 Å². The first-order chi connectivity index (χ1) is 12.6. The van der Waals surface area contributed by atoms with Crippen LogP contribution in [0.5, 0.6) is 5.75 Å². The average Bonchev–Trinajstić information content (AvgIpc) is 3.16. The summed E-state index contributed by atoms with van der Waals surface area (Å²) < 4.78 is 6.16. The second kappa shape index (κ2) is 8.47. The number of hydrogen-bond donors (Lipinski definition) is 1. The van der Waals surface area contributed by atoms with Crippen molar-refractivity contribution in [1.82, 2.24) is 10.3 Å². The molecule has 1 aromatic heterocycles. The second-order valence-electron chi connectivity index (χ2n) is 6.77. The van der Waals surface area contributed by atoms with Gasteiger partial charge in [-0.15, -0.1) is 11.3 Å². The van der Waals surface area contributed by atoms with Crippen molar-refractivity contribution in [3.8, 4) is 17.0 Å². The summed E-state index contributed by atoms with van der Waals surface area (Å²) in [7, 11) is 1.96. The predicted molar refractivity (Wildman–Crippen MR) is 110 cm³/mol. The second-order valence-corrected chi connectivity index (χ2v) is 7.66. The normalized spacial score (nSPS) is 12.3. The Labute approximate surface area is 160 Å². The molecule has 136 valence electrons. The molecule has 0 saturated heterocycles. The quantitative estimate of drug-likeness (QED) is 0.574. The van der Waals surface area contributed by atoms with E-state index in [0.29, 0.717) is 12.5 Å². The first kappa shape index (κ1) is 18.6. The molecule has 1 heterocycles. The van der Waals surface area contributed by atoms with Crippen LogP contribution in [0.15, 0.2) is 53.9 Å². The fourth-order valence-corrected chi connectivity index (χ4v) is 3.59. The molecule has 0 amide bonds. The number of rotatable bonds is 7. The third-order valence-electron chi connectivity index (χ3n) is 4.51. The van der Waals surface area contributed by atoms with Crippen molar-refractivity contribution in [2.45, 2.75) is 39.3 Å². The highest BCUT2D eigenvalue weighted by atomic mass is 32.1. The standard InChI is InChI=1S/C22H26N2OS/c1-15(2)18-10-11-21(25-13-17-8-6-5-7-9-17)19(12-18)20-14-26-22(24-20)16(3)23-4/h5-12,14-16,23H,13H2,1-4H3. The molecule has 1 N–H and O–H groups in total. The number of benzene rings is 2. The maximum Gasteiger partial charge on any atom is 0.129 e. The van der Waals surface area contributed by atoms with Gasteiger partial charge in [0, 0.05) is 10.9 Å². The maximum absolute atomic E-state index is 6.16. The minimum atomic E-state index is 0.246. The molecule has 3 aromatic rings. The molecule has 1 atom stereocenters. The van der Waals surface area contributed by atoms with Crippen LogP contribution in [0.3, 0.4) is 0 Å². The van der Waals surface area contributed by atoms with E-state index < -0.39 is 0 Å². The first-order valence-electron chi connectivity index (χ1n) is 9.02. The lowest BCUT2D eigenvalue weighted by Crippen LogP contribution is -2.11. The topological polar surface area (TPSA) is 34.2 Å². The van der Waals surface area contributed by atoms with E-state index in [1.165, 1.54) is 5.56 Å². The summed E-state index contributed by atoms with van der Waals surface area (Å²) in [5, 5.41) is 6.47. The number of nitrogens with one attached hydrogen (secondary N) is 1. The molecule has 0 saturated carbocycles. The molecule has 0 aliphatic carbocycles. The molecule has 26 heavy (non-hydrogen) atoms. The molecule has 3 nitrogen and oxygen atoms in total. The fraction of sp³-hybridized carbons (Fsp3) is 0.318. The van der Waals surface area contributed by atoms with Crippen molar-refractivity contribution in [3.05, 3.63) is 70.0 Å². The van der Waals surface area contributed by atoms with Crippen LogP contribution >= 0.6 is 11.3 Å². The van der Waals surface area contributed by atoms with E-state index in [1.807, 2.05) is 25.2 Å². The zero-order valence-electron chi connectivity index (χ0n) is 15.8. The Hall–Kier alpha value is -2.17. The molecule has 1 unspecified atom stereocenters. The van der Waals surface area contributed by atoms with Crippen LogP contribution in [0.2, 0.25) is 0 Å². The third-order valence-corrected chi connectivity index (χ3v) is 5.54. The molecule has 3 rings (SSSR count). The zero-order valence-corrected chi connectivity index (χ0v) is 16.6. The number of thiazole rings is 1. The van der Waals surface area contributed by atoms with Gasteiger partial charge in [-0.2, -0.15) is 0 Å². The van der Waals surface area contributed by atoms with E-state index >= 15 is 0 Å². The predicted octanol–water partition coefficient (Wildman–Crippen LogP) is 5.79. The van der Waals surface area contributed by atoms with Gasteiger partial charge in [-0.1, -0.05) is 50.2 Å². The van der Waals surface area contributed by atoms with Crippen LogP contribution in [0.25, 0.3) is 11.3 Å². The Morgan fingerprint density at radius 1 is 1.08 bits per heavy atom. The van der Waals surface area contributed by atoms with E-state index in [0.717, 1.165) is 27.6 Å². The van der Waals surface area contributed by atoms with Crippen LogP contribution in [0.4, 0.5) is 0 Å². The lowest BCUT2D eigenvalue weighted by Gasteiger charge is -2.14. The molecule has 4 heteroatoms. The molecular formula is C22H26N2OS. The van der Waals surface area contributed by atoms with Gasteiger partial charge in [0.15, 0.2) is 0 Å². The van der Waals surface area contributed by atoms with E-state index in [2.05, 4.69) is 61.8 Å². The number of ether oxygens (including phenoxy) is 1. The van der Waals surface area contributed by atoms with Gasteiger partial charge in [0.2, 0.25) is 0 Å². The van der Waals surface area contributed by atoms with Gasteiger partial charge in [0.25, 0.3) is 0 Å². The van der Waals surface area contributed by atoms with Crippen molar-refractivity contribution < 1.29 is 4.74 Å². The lowest BCUT2D eigenvalue weighted by molar-refractivity contribution is 0.307. The highest BCUT2D eigenvalue weighted by Gasteiger charge is 2.15. The number of nitrogens with zero attached hydrogens (tertiary/aromatic N) is 1. The van der Waals surface area contributed by atoms with E-state index in [4.69, 9.17) is 9.72 Å². The zero-order chi connectivity index (χ0) is 18.5. The summed E-state index contributed by atoms with van der Waals surface area (Å²) in [6, 6.07) is 16.9. The van der Waals surface area contributed by atoms with Crippen molar-refractivity contribution in [2.24, 2.45) is 0 Å². The van der Waals surface area contributed by atoms with Crippen LogP contribution in [0.1, 0.15) is 48.9 Å². The summed E-state index contributed by atoms with van der Waals surface area (Å²) in [6.07, 6.45) is 0. The summed E-state index contributed by atoms with van der Waals surface area (Å²) >= 11 is 1.69. The Morgan fingerprint density at radius 3 is 2.54 bits per heavy atom. The van der Waals surface area contributed by atoms with Gasteiger partial charge in [0.05, 0.1) is 11.7 Å². The van der Waals surface area contributed by atoms with E-state index in [1.54, 1.807) is 11.3 Å². The van der Waals surface area contributed by atoms with Gasteiger partial charge in [0.1, 0.15) is 17.4 Å². The number of aromatic nitrogens is 1. The van der Waals surface area contributed by atoms with Crippen LogP contribution < -0.4 is 10.1 Å². The van der Waals surface area contributed by atoms with E-state index in [9.17, 15) is 0 Å². The average molecular weight is 367 g/mol. The summed E-state index contributed by atoms with van der Waals surface area (Å²) in [6.45, 7) is 7.09. The Morgan fingerprint density at radius 2 is 1.85 bits per heavy atom. The van der Waals surface area contributed by atoms with Gasteiger partial charge in [-0.3, -0.25) is 0 Å². The Balaban J connectivity index is 1.92. The Bertz CT molecular complexity index is 842. The van der Waals surface area contributed by atoms with Crippen molar-refractivity contribution in [2.75, 3.05) is 7.05 Å². The van der Waals surface area contributed by atoms with Crippen LogP contribution in [-0.2, 0) is 6.61 Å². The Kier molecular flexibility index (Phi) is 6.07. The summed E-state index contributed by atoms with van der Waals surface area (Å²) in [4.78, 5) is 4.84. The van der Waals surface area contributed by atoms with E-state index in [-0.39, 0.29) is 6.04 Å². The molecule has 0 spiro atoms. The van der Waals surface area contributed by atoms with Crippen molar-refractivity contribution in [3.63, 3.8) is 0 Å². The van der Waals surface area contributed by atoms with Crippen LogP contribution in [0, 0.1) is 0 Å². The molecule has 2 aromatic carbocycles. The first-order valence-corrected chi connectivity index (χ1v) is 9.90.